The summed E-state index contributed by atoms with van der Waals surface area (Å²) in [5.41, 5.74) is 0.291. The number of ketones is 1. The second kappa shape index (κ2) is 4.25. The number of carbonyl (C=O) groups excluding carboxylic acids is 1. The van der Waals surface area contributed by atoms with Crippen molar-refractivity contribution >= 4 is 17.4 Å². The van der Waals surface area contributed by atoms with Crippen LogP contribution in [0.2, 0.25) is 5.02 Å². The van der Waals surface area contributed by atoms with Gasteiger partial charge >= 0.3 is 0 Å². The van der Waals surface area contributed by atoms with Crippen LogP contribution in [0, 0.1) is 0 Å². The fourth-order valence-corrected chi connectivity index (χ4v) is 1.16. The molecule has 3 nitrogen and oxygen atoms in total. The lowest BCUT2D eigenvalue weighted by Crippen LogP contribution is -2.18. The molecule has 1 rings (SSSR count). The van der Waals surface area contributed by atoms with Gasteiger partial charge in [0.15, 0.2) is 5.78 Å². The molecule has 0 aromatic heterocycles. The SMILES string of the molecule is CNCC(=O)c1ccc(Cl)cc1O. The summed E-state index contributed by atoms with van der Waals surface area (Å²) in [4.78, 5) is 11.3. The molecule has 0 amide bonds. The van der Waals surface area contributed by atoms with Crippen LogP contribution in [-0.2, 0) is 0 Å². The molecule has 0 fully saturated rings. The predicted molar refractivity (Wildman–Crippen MR) is 51.4 cm³/mol. The van der Waals surface area contributed by atoms with Crippen molar-refractivity contribution in [3.8, 4) is 5.75 Å². The van der Waals surface area contributed by atoms with Gasteiger partial charge in [-0.15, -0.1) is 0 Å². The number of likely N-dealkylation sites (N-methyl/N-ethyl adjacent to an activating group) is 1. The standard InChI is InChI=1S/C9H10ClNO2/c1-11-5-9(13)7-3-2-6(10)4-8(7)12/h2-4,11-12H,5H2,1H3. The second-order valence-electron chi connectivity index (χ2n) is 2.61. The summed E-state index contributed by atoms with van der Waals surface area (Å²) in [6.07, 6.45) is 0. The van der Waals surface area contributed by atoms with E-state index in [0.717, 1.165) is 0 Å². The van der Waals surface area contributed by atoms with Crippen LogP contribution in [0.25, 0.3) is 0 Å². The molecule has 0 aliphatic heterocycles. The molecule has 1 aromatic carbocycles. The number of phenols is 1. The summed E-state index contributed by atoms with van der Waals surface area (Å²) in [6.45, 7) is 0.204. The molecule has 4 heteroatoms. The van der Waals surface area contributed by atoms with Gasteiger partial charge in [-0.05, 0) is 25.2 Å². The summed E-state index contributed by atoms with van der Waals surface area (Å²) in [7, 11) is 1.67. The zero-order valence-corrected chi connectivity index (χ0v) is 7.93. The zero-order valence-electron chi connectivity index (χ0n) is 7.17. The highest BCUT2D eigenvalue weighted by Gasteiger charge is 2.09. The molecular weight excluding hydrogens is 190 g/mol. The molecule has 1 aromatic rings. The lowest BCUT2D eigenvalue weighted by atomic mass is 10.1. The van der Waals surface area contributed by atoms with Crippen molar-refractivity contribution in [2.45, 2.75) is 0 Å². The van der Waals surface area contributed by atoms with E-state index >= 15 is 0 Å². The van der Waals surface area contributed by atoms with Gasteiger partial charge in [0.1, 0.15) is 5.75 Å². The summed E-state index contributed by atoms with van der Waals surface area (Å²) in [5.74, 6) is -0.232. The highest BCUT2D eigenvalue weighted by molar-refractivity contribution is 6.30. The number of hydrogen-bond acceptors (Lipinski definition) is 3. The first-order valence-electron chi connectivity index (χ1n) is 3.81. The number of halogens is 1. The highest BCUT2D eigenvalue weighted by Crippen LogP contribution is 2.21. The van der Waals surface area contributed by atoms with E-state index in [1.54, 1.807) is 13.1 Å². The van der Waals surface area contributed by atoms with Crippen molar-refractivity contribution in [2.75, 3.05) is 13.6 Å². The van der Waals surface area contributed by atoms with Crippen molar-refractivity contribution < 1.29 is 9.90 Å². The van der Waals surface area contributed by atoms with Crippen LogP contribution in [0.15, 0.2) is 18.2 Å². The molecular formula is C9H10ClNO2. The lowest BCUT2D eigenvalue weighted by Gasteiger charge is -2.02. The Morgan fingerprint density at radius 2 is 2.31 bits per heavy atom. The van der Waals surface area contributed by atoms with Crippen LogP contribution in [0.3, 0.4) is 0 Å². The van der Waals surface area contributed by atoms with E-state index in [1.165, 1.54) is 12.1 Å². The van der Waals surface area contributed by atoms with E-state index in [2.05, 4.69) is 5.32 Å². The van der Waals surface area contributed by atoms with Gasteiger partial charge in [-0.3, -0.25) is 4.79 Å². The Labute approximate surface area is 81.3 Å². The quantitative estimate of drug-likeness (QED) is 0.725. The topological polar surface area (TPSA) is 49.3 Å². The summed E-state index contributed by atoms with van der Waals surface area (Å²) in [5, 5.41) is 12.5. The van der Waals surface area contributed by atoms with Gasteiger partial charge in [0, 0.05) is 5.02 Å². The van der Waals surface area contributed by atoms with Gasteiger partial charge in [-0.25, -0.2) is 0 Å². The third-order valence-corrected chi connectivity index (χ3v) is 1.83. The van der Waals surface area contributed by atoms with Crippen LogP contribution in [0.1, 0.15) is 10.4 Å². The average molecular weight is 200 g/mol. The summed E-state index contributed by atoms with van der Waals surface area (Å²) < 4.78 is 0. The number of hydrogen-bond donors (Lipinski definition) is 2. The highest BCUT2D eigenvalue weighted by atomic mass is 35.5. The molecule has 0 spiro atoms. The van der Waals surface area contributed by atoms with Gasteiger partial charge in [-0.2, -0.15) is 0 Å². The zero-order chi connectivity index (χ0) is 9.84. The predicted octanol–water partition coefficient (Wildman–Crippen LogP) is 1.45. The molecule has 13 heavy (non-hydrogen) atoms. The third kappa shape index (κ3) is 2.44. The van der Waals surface area contributed by atoms with E-state index in [-0.39, 0.29) is 18.1 Å². The smallest absolute Gasteiger partial charge is 0.180 e. The fourth-order valence-electron chi connectivity index (χ4n) is 0.996. The van der Waals surface area contributed by atoms with Crippen LogP contribution >= 0.6 is 11.6 Å². The Kier molecular flexibility index (Phi) is 3.28. The fraction of sp³-hybridized carbons (Fsp3) is 0.222. The van der Waals surface area contributed by atoms with Crippen molar-refractivity contribution in [3.63, 3.8) is 0 Å². The minimum Gasteiger partial charge on any atom is -0.507 e. The van der Waals surface area contributed by atoms with E-state index in [9.17, 15) is 9.90 Å². The number of Topliss-reactive ketones (excluding diaryl/α,β-unsaturated/α-hetero) is 1. The second-order valence-corrected chi connectivity index (χ2v) is 3.05. The lowest BCUT2D eigenvalue weighted by molar-refractivity contribution is 0.0991. The number of aromatic hydroxyl groups is 1. The summed E-state index contributed by atoms with van der Waals surface area (Å²) in [6, 6.07) is 4.44. The van der Waals surface area contributed by atoms with Crippen LogP contribution in [-0.4, -0.2) is 24.5 Å². The number of carbonyl (C=O) groups is 1. The maximum atomic E-state index is 11.3. The summed E-state index contributed by atoms with van der Waals surface area (Å²) >= 11 is 5.61. The Morgan fingerprint density at radius 1 is 1.62 bits per heavy atom. The molecule has 70 valence electrons. The Balaban J connectivity index is 2.95. The molecule has 0 bridgehead atoms. The van der Waals surface area contributed by atoms with E-state index in [1.807, 2.05) is 0 Å². The first kappa shape index (κ1) is 10.0. The van der Waals surface area contributed by atoms with Gasteiger partial charge in [0.25, 0.3) is 0 Å². The van der Waals surface area contributed by atoms with Crippen LogP contribution in [0.5, 0.6) is 5.75 Å². The molecule has 0 unspecified atom stereocenters. The first-order chi connectivity index (χ1) is 6.15. The first-order valence-corrected chi connectivity index (χ1v) is 4.19. The molecule has 2 N–H and O–H groups in total. The number of nitrogens with one attached hydrogen (secondary N) is 1. The molecule has 0 aliphatic rings. The number of benzene rings is 1. The minimum absolute atomic E-state index is 0.0762. The Bertz CT molecular complexity index is 325. The van der Waals surface area contributed by atoms with Crippen molar-refractivity contribution in [1.29, 1.82) is 0 Å². The van der Waals surface area contributed by atoms with E-state index in [0.29, 0.717) is 10.6 Å². The maximum Gasteiger partial charge on any atom is 0.180 e. The monoisotopic (exact) mass is 199 g/mol. The number of rotatable bonds is 3. The molecule has 0 saturated carbocycles. The molecule has 0 atom stereocenters. The maximum absolute atomic E-state index is 11.3. The molecule has 0 heterocycles. The minimum atomic E-state index is -0.156. The largest absolute Gasteiger partial charge is 0.507 e. The van der Waals surface area contributed by atoms with Crippen molar-refractivity contribution in [1.82, 2.24) is 5.32 Å². The van der Waals surface area contributed by atoms with Crippen LogP contribution < -0.4 is 5.32 Å². The van der Waals surface area contributed by atoms with E-state index < -0.39 is 0 Å². The molecule has 0 aliphatic carbocycles. The van der Waals surface area contributed by atoms with E-state index in [4.69, 9.17) is 11.6 Å². The Morgan fingerprint density at radius 3 is 2.85 bits per heavy atom. The third-order valence-electron chi connectivity index (χ3n) is 1.60. The number of phenolic OH excluding ortho intramolecular Hbond substituents is 1. The van der Waals surface area contributed by atoms with Gasteiger partial charge in [0.2, 0.25) is 0 Å². The molecule has 0 saturated heterocycles. The van der Waals surface area contributed by atoms with Gasteiger partial charge in [-0.1, -0.05) is 11.6 Å². The van der Waals surface area contributed by atoms with Crippen molar-refractivity contribution in [3.05, 3.63) is 28.8 Å². The van der Waals surface area contributed by atoms with Crippen LogP contribution in [0.4, 0.5) is 0 Å². The average Bonchev–Trinajstić information content (AvgIpc) is 2.04. The normalized spacial score (nSPS) is 10.0. The van der Waals surface area contributed by atoms with Gasteiger partial charge in [0.05, 0.1) is 12.1 Å². The Hall–Kier alpha value is -1.06. The molecule has 0 radical (unpaired) electrons. The van der Waals surface area contributed by atoms with Gasteiger partial charge < -0.3 is 10.4 Å². The van der Waals surface area contributed by atoms with Crippen molar-refractivity contribution in [2.24, 2.45) is 0 Å².